The Morgan fingerprint density at radius 2 is 1.96 bits per heavy atom. The number of carbonyl (C=O) groups excluding carboxylic acids is 2. The van der Waals surface area contributed by atoms with Crippen LogP contribution in [0.3, 0.4) is 0 Å². The van der Waals surface area contributed by atoms with E-state index in [-0.39, 0.29) is 5.57 Å². The number of ether oxygens (including phenoxy) is 1. The number of aromatic nitrogens is 1. The fourth-order valence-corrected chi connectivity index (χ4v) is 3.66. The summed E-state index contributed by atoms with van der Waals surface area (Å²) < 4.78 is 6.67. The average molecular weight is 353 g/mol. The van der Waals surface area contributed by atoms with Crippen molar-refractivity contribution in [2.45, 2.75) is 4.90 Å². The molecule has 1 aliphatic heterocycles. The number of esters is 1. The Kier molecular flexibility index (Phi) is 4.63. The molecule has 2 aromatic rings. The van der Waals surface area contributed by atoms with Crippen molar-refractivity contribution >= 4 is 29.2 Å². The summed E-state index contributed by atoms with van der Waals surface area (Å²) in [4.78, 5) is 27.2. The third-order valence-electron chi connectivity index (χ3n) is 3.83. The summed E-state index contributed by atoms with van der Waals surface area (Å²) in [5.41, 5.74) is 1.27. The van der Waals surface area contributed by atoms with E-state index < -0.39 is 18.4 Å². The molecular weight excluding hydrogens is 338 g/mol. The molecule has 0 bridgehead atoms. The molecule has 0 spiro atoms. The second kappa shape index (κ2) is 6.87. The molecule has 0 aliphatic carbocycles. The minimum atomic E-state index is -0.598. The number of benzene rings is 1. The van der Waals surface area contributed by atoms with Crippen LogP contribution in [0.4, 0.5) is 5.69 Å². The number of rotatable bonds is 4. The maximum atomic E-state index is 12.4. The van der Waals surface area contributed by atoms with Crippen molar-refractivity contribution in [3.05, 3.63) is 58.9 Å². The molecule has 0 N–H and O–H groups in total. The largest absolute Gasteiger partial charge is 0.453 e. The molecule has 0 radical (unpaired) electrons. The van der Waals surface area contributed by atoms with Gasteiger partial charge in [-0.25, -0.2) is 4.79 Å². The van der Waals surface area contributed by atoms with E-state index in [1.807, 2.05) is 30.3 Å². The number of thioether (sulfide) groups is 1. The van der Waals surface area contributed by atoms with Gasteiger partial charge in [-0.3, -0.25) is 4.79 Å². The maximum absolute atomic E-state index is 12.4. The van der Waals surface area contributed by atoms with Crippen LogP contribution in [0.2, 0.25) is 0 Å². The lowest BCUT2D eigenvalue weighted by atomic mass is 10.2. The van der Waals surface area contributed by atoms with Crippen molar-refractivity contribution in [2.24, 2.45) is 7.05 Å². The van der Waals surface area contributed by atoms with Gasteiger partial charge in [-0.1, -0.05) is 23.9 Å². The van der Waals surface area contributed by atoms with Crippen molar-refractivity contribution in [3.8, 4) is 6.07 Å². The topological polar surface area (TPSA) is 75.3 Å². The van der Waals surface area contributed by atoms with Crippen molar-refractivity contribution in [2.75, 3.05) is 18.6 Å². The van der Waals surface area contributed by atoms with Crippen LogP contribution in [-0.4, -0.2) is 30.0 Å². The van der Waals surface area contributed by atoms with Gasteiger partial charge in [0.05, 0.1) is 5.69 Å². The summed E-state index contributed by atoms with van der Waals surface area (Å²) in [6.45, 7) is -0.471. The smallest absolute Gasteiger partial charge is 0.355 e. The van der Waals surface area contributed by atoms with Gasteiger partial charge in [0.15, 0.2) is 6.61 Å². The van der Waals surface area contributed by atoms with Crippen LogP contribution < -0.4 is 4.90 Å². The van der Waals surface area contributed by atoms with E-state index in [4.69, 9.17) is 4.74 Å². The molecule has 2 heterocycles. The third kappa shape index (κ3) is 3.16. The minimum absolute atomic E-state index is 0.0108. The highest BCUT2D eigenvalue weighted by atomic mass is 32.2. The quantitative estimate of drug-likeness (QED) is 0.478. The van der Waals surface area contributed by atoms with Gasteiger partial charge in [-0.05, 0) is 24.3 Å². The number of nitrogens with zero attached hydrogens (tertiary/aromatic N) is 3. The number of para-hydroxylation sites is 1. The van der Waals surface area contributed by atoms with E-state index in [0.717, 1.165) is 10.6 Å². The summed E-state index contributed by atoms with van der Waals surface area (Å²) in [6.07, 6.45) is 1.71. The van der Waals surface area contributed by atoms with Gasteiger partial charge >= 0.3 is 5.97 Å². The highest BCUT2D eigenvalue weighted by molar-refractivity contribution is 8.03. The number of aryl methyl sites for hydroxylation is 1. The second-order valence-electron chi connectivity index (χ2n) is 5.42. The zero-order valence-electron chi connectivity index (χ0n) is 13.7. The summed E-state index contributed by atoms with van der Waals surface area (Å²) in [5, 5.41) is 9.98. The Bertz CT molecular complexity index is 924. The number of nitriles is 1. The van der Waals surface area contributed by atoms with Gasteiger partial charge in [0.25, 0.3) is 0 Å². The second-order valence-corrected chi connectivity index (χ2v) is 6.46. The Morgan fingerprint density at radius 3 is 2.60 bits per heavy atom. The first-order valence-electron chi connectivity index (χ1n) is 7.49. The fourth-order valence-electron chi connectivity index (χ4n) is 2.50. The van der Waals surface area contributed by atoms with E-state index in [1.165, 1.54) is 11.8 Å². The van der Waals surface area contributed by atoms with Gasteiger partial charge in [-0.15, -0.1) is 0 Å². The molecule has 0 atom stereocenters. The molecule has 1 aromatic heterocycles. The number of hydrogen-bond acceptors (Lipinski definition) is 6. The zero-order chi connectivity index (χ0) is 18.0. The van der Waals surface area contributed by atoms with Crippen LogP contribution in [0, 0.1) is 11.3 Å². The zero-order valence-corrected chi connectivity index (χ0v) is 14.5. The van der Waals surface area contributed by atoms with Gasteiger partial charge in [0, 0.05) is 25.2 Å². The molecule has 0 unspecified atom stereocenters. The summed E-state index contributed by atoms with van der Waals surface area (Å²) >= 11 is 1.36. The van der Waals surface area contributed by atoms with Crippen LogP contribution in [0.25, 0.3) is 0 Å². The van der Waals surface area contributed by atoms with Crippen molar-refractivity contribution in [1.29, 1.82) is 5.26 Å². The Hall–Kier alpha value is -2.98. The van der Waals surface area contributed by atoms with Crippen LogP contribution in [-0.2, 0) is 16.6 Å². The molecule has 0 saturated carbocycles. The minimum Gasteiger partial charge on any atom is -0.453 e. The highest BCUT2D eigenvalue weighted by Gasteiger charge is 2.28. The lowest BCUT2D eigenvalue weighted by Crippen LogP contribution is -2.20. The van der Waals surface area contributed by atoms with Crippen molar-refractivity contribution < 1.29 is 14.3 Å². The van der Waals surface area contributed by atoms with Gasteiger partial charge in [0.1, 0.15) is 22.4 Å². The monoisotopic (exact) mass is 353 g/mol. The standard InChI is InChI=1S/C18H15N3O3S/c1-20-9-5-7-14(20)18(23)24-11-15(22)12(10-19)17-21(2)13-6-3-4-8-16(13)25-17/h3-9H,11H2,1-2H3/b17-12+. The van der Waals surface area contributed by atoms with Gasteiger partial charge < -0.3 is 14.2 Å². The SMILES string of the molecule is CN1/C(=C(/C#N)C(=O)COC(=O)c2cccn2C)Sc2ccccc21. The summed E-state index contributed by atoms with van der Waals surface area (Å²) in [6, 6.07) is 12.9. The lowest BCUT2D eigenvalue weighted by molar-refractivity contribution is -0.118. The average Bonchev–Trinajstić information content (AvgIpc) is 3.18. The van der Waals surface area contributed by atoms with Crippen LogP contribution in [0.15, 0.2) is 58.1 Å². The molecule has 0 saturated heterocycles. The summed E-state index contributed by atoms with van der Waals surface area (Å²) in [5.74, 6) is -1.12. The number of hydrogen-bond donors (Lipinski definition) is 0. The molecule has 1 aromatic carbocycles. The number of fused-ring (bicyclic) bond motifs is 1. The Balaban J connectivity index is 1.76. The molecule has 126 valence electrons. The molecule has 0 fully saturated rings. The van der Waals surface area contributed by atoms with E-state index in [1.54, 1.807) is 41.9 Å². The first kappa shape index (κ1) is 16.9. The number of anilines is 1. The number of carbonyl (C=O) groups is 2. The maximum Gasteiger partial charge on any atom is 0.355 e. The highest BCUT2D eigenvalue weighted by Crippen LogP contribution is 2.46. The lowest BCUT2D eigenvalue weighted by Gasteiger charge is -2.14. The molecule has 6 nitrogen and oxygen atoms in total. The summed E-state index contributed by atoms with van der Waals surface area (Å²) in [7, 11) is 3.51. The normalized spacial score (nSPS) is 14.7. The molecule has 0 amide bonds. The van der Waals surface area contributed by atoms with Crippen molar-refractivity contribution in [3.63, 3.8) is 0 Å². The third-order valence-corrected chi connectivity index (χ3v) is 5.07. The first-order valence-corrected chi connectivity index (χ1v) is 8.31. The van der Waals surface area contributed by atoms with E-state index in [0.29, 0.717) is 10.7 Å². The van der Waals surface area contributed by atoms with Crippen LogP contribution in [0.1, 0.15) is 10.5 Å². The predicted octanol–water partition coefficient (Wildman–Crippen LogP) is 2.73. The molecular formula is C18H15N3O3S. The Morgan fingerprint density at radius 1 is 1.20 bits per heavy atom. The fraction of sp³-hybridized carbons (Fsp3) is 0.167. The number of ketones is 1. The van der Waals surface area contributed by atoms with E-state index >= 15 is 0 Å². The van der Waals surface area contributed by atoms with Crippen LogP contribution in [0.5, 0.6) is 0 Å². The van der Waals surface area contributed by atoms with E-state index in [2.05, 4.69) is 0 Å². The van der Waals surface area contributed by atoms with Gasteiger partial charge in [-0.2, -0.15) is 5.26 Å². The molecule has 7 heteroatoms. The number of Topliss-reactive ketones (excluding diaryl/α,β-unsaturated/α-hetero) is 1. The molecule has 25 heavy (non-hydrogen) atoms. The Labute approximate surface area is 149 Å². The van der Waals surface area contributed by atoms with Gasteiger partial charge in [0.2, 0.25) is 5.78 Å². The predicted molar refractivity (Wildman–Crippen MR) is 94.0 cm³/mol. The van der Waals surface area contributed by atoms with Crippen molar-refractivity contribution in [1.82, 2.24) is 4.57 Å². The molecule has 3 rings (SSSR count). The first-order chi connectivity index (χ1) is 12.0. The van der Waals surface area contributed by atoms with Crippen LogP contribution >= 0.6 is 11.8 Å². The molecule has 1 aliphatic rings. The van der Waals surface area contributed by atoms with E-state index in [9.17, 15) is 14.9 Å².